The van der Waals surface area contributed by atoms with Gasteiger partial charge in [-0.15, -0.1) is 0 Å². The number of hydrogen-bond acceptors (Lipinski definition) is 2. The Kier molecular flexibility index (Phi) is 10.8. The number of rotatable bonds is 13. The minimum atomic E-state index is -2.94. The van der Waals surface area contributed by atoms with E-state index < -0.39 is 30.1 Å². The van der Waals surface area contributed by atoms with E-state index >= 15 is 0 Å². The number of hydrogen-bond donors (Lipinski definition) is 1. The Balaban J connectivity index is 2.65. The number of nitrogens with zero attached hydrogens (tertiary/aromatic N) is 1. The van der Waals surface area contributed by atoms with E-state index in [1.807, 2.05) is 6.07 Å². The van der Waals surface area contributed by atoms with Crippen LogP contribution in [0.4, 0.5) is 4.79 Å². The summed E-state index contributed by atoms with van der Waals surface area (Å²) in [6, 6.07) is 8.54. The zero-order valence-corrected chi connectivity index (χ0v) is 26.7. The second-order valence-electron chi connectivity index (χ2n) is 11.5. The van der Waals surface area contributed by atoms with E-state index in [1.165, 1.54) is 55.5 Å². The number of carboxylic acid groups (broad SMARTS) is 1. The van der Waals surface area contributed by atoms with Crippen molar-refractivity contribution in [1.29, 1.82) is 0 Å². The fourth-order valence-corrected chi connectivity index (χ4v) is 22.0. The summed E-state index contributed by atoms with van der Waals surface area (Å²) in [5.41, 5.74) is 1.53. The third-order valence-electron chi connectivity index (χ3n) is 6.87. The maximum absolute atomic E-state index is 12.6. The van der Waals surface area contributed by atoms with Crippen molar-refractivity contribution in [2.75, 3.05) is 0 Å². The summed E-state index contributed by atoms with van der Waals surface area (Å²) < 4.78 is 13.0. The average Bonchev–Trinajstić information content (AvgIpc) is 3.17. The van der Waals surface area contributed by atoms with Crippen LogP contribution in [0.3, 0.4) is 0 Å². The zero-order valence-electron chi connectivity index (χ0n) is 22.9. The van der Waals surface area contributed by atoms with Crippen LogP contribution >= 0.6 is 0 Å². The van der Waals surface area contributed by atoms with E-state index in [-0.39, 0.29) is 5.04 Å². The van der Waals surface area contributed by atoms with Crippen LogP contribution in [0.5, 0.6) is 0 Å². The van der Waals surface area contributed by atoms with Gasteiger partial charge in [-0.3, -0.25) is 0 Å². The number of carbonyl (C=O) groups is 1. The monoisotopic (exact) mass is 593 g/mol. The minimum absolute atomic E-state index is 0.118. The van der Waals surface area contributed by atoms with Gasteiger partial charge in [0.05, 0.1) is 0 Å². The molecule has 1 aromatic carbocycles. The molecule has 0 saturated carbocycles. The predicted molar refractivity (Wildman–Crippen MR) is 149 cm³/mol. The Morgan fingerprint density at radius 2 is 1.47 bits per heavy atom. The Morgan fingerprint density at radius 3 is 1.91 bits per heavy atom. The summed E-state index contributed by atoms with van der Waals surface area (Å²) in [7, 11) is 0.395. The van der Waals surface area contributed by atoms with Crippen molar-refractivity contribution in [3.63, 3.8) is 0 Å². The Hall–Kier alpha value is -0.794. The summed E-state index contributed by atoms with van der Waals surface area (Å²) >= 11 is -2.94. The van der Waals surface area contributed by atoms with Gasteiger partial charge in [-0.25, -0.2) is 0 Å². The van der Waals surface area contributed by atoms with Crippen molar-refractivity contribution >= 4 is 48.8 Å². The van der Waals surface area contributed by atoms with Crippen molar-refractivity contribution in [2.24, 2.45) is 0 Å². The molecular weight excluding hydrogens is 545 g/mol. The van der Waals surface area contributed by atoms with Crippen molar-refractivity contribution in [3.8, 4) is 0 Å². The summed E-state index contributed by atoms with van der Waals surface area (Å²) in [4.78, 5) is 12.6. The van der Waals surface area contributed by atoms with Crippen LogP contribution in [0.1, 0.15) is 99.5 Å². The summed E-state index contributed by atoms with van der Waals surface area (Å²) in [5.74, 6) is 0. The van der Waals surface area contributed by atoms with E-state index in [1.54, 1.807) is 4.57 Å². The first kappa shape index (κ1) is 29.4. The molecule has 2 rings (SSSR count). The standard InChI is InChI=1S/C16H20NO3Si.3C4H9.Sn/c1-15(2,3)21-20-16(4,5)12-6-7-13-11(10-12)8-9-17(13)14(18)19;3*1-3-4-2;/h6-8,10H,1-5H3,(H,18,19);3*1,3-4H2,2H3;. The van der Waals surface area contributed by atoms with Crippen LogP contribution in [0.2, 0.25) is 18.3 Å². The van der Waals surface area contributed by atoms with Gasteiger partial charge in [0.15, 0.2) is 0 Å². The van der Waals surface area contributed by atoms with Gasteiger partial charge < -0.3 is 0 Å². The SMILES string of the molecule is CCC[CH2][Sn]([CH2]CCC)([CH2]CCC)[c]1cc2cc(C(C)(C)O[Si]C(C)(C)C)ccc2n1C(=O)O. The number of unbranched alkanes of at least 4 members (excludes halogenated alkanes) is 3. The zero-order chi connectivity index (χ0) is 25.6. The molecule has 1 aromatic heterocycles. The summed E-state index contributed by atoms with van der Waals surface area (Å²) in [6.45, 7) is 17.6. The Morgan fingerprint density at radius 1 is 0.941 bits per heavy atom. The van der Waals surface area contributed by atoms with Gasteiger partial charge in [0, 0.05) is 0 Å². The molecule has 0 aliphatic carbocycles. The predicted octanol–water partition coefficient (Wildman–Crippen LogP) is 8.31. The second kappa shape index (κ2) is 12.4. The molecule has 1 heterocycles. The Labute approximate surface area is 214 Å². The quantitative estimate of drug-likeness (QED) is 0.238. The molecule has 6 heteroatoms. The van der Waals surface area contributed by atoms with Crippen molar-refractivity contribution in [2.45, 2.75) is 118 Å². The topological polar surface area (TPSA) is 51.5 Å². The first-order chi connectivity index (χ1) is 15.9. The van der Waals surface area contributed by atoms with Crippen LogP contribution in [-0.4, -0.2) is 43.9 Å². The van der Waals surface area contributed by atoms with Gasteiger partial charge in [-0.1, -0.05) is 0 Å². The van der Waals surface area contributed by atoms with E-state index in [9.17, 15) is 9.90 Å². The van der Waals surface area contributed by atoms with Gasteiger partial charge in [0.25, 0.3) is 0 Å². The van der Waals surface area contributed by atoms with Crippen LogP contribution in [-0.2, 0) is 10.0 Å². The molecule has 0 bridgehead atoms. The third kappa shape index (κ3) is 7.36. The van der Waals surface area contributed by atoms with Gasteiger partial charge in [0.2, 0.25) is 0 Å². The van der Waals surface area contributed by atoms with Gasteiger partial charge in [-0.05, 0) is 0 Å². The van der Waals surface area contributed by atoms with E-state index in [4.69, 9.17) is 4.43 Å². The molecule has 0 aliphatic rings. The molecule has 0 saturated heterocycles. The van der Waals surface area contributed by atoms with Crippen LogP contribution in [0.25, 0.3) is 10.9 Å². The van der Waals surface area contributed by atoms with Crippen LogP contribution in [0.15, 0.2) is 24.3 Å². The van der Waals surface area contributed by atoms with E-state index in [2.05, 4.69) is 73.6 Å². The molecule has 1 N–H and O–H groups in total. The molecule has 0 amide bonds. The second-order valence-corrected chi connectivity index (χ2v) is 26.4. The average molecular weight is 592 g/mol. The molecule has 0 atom stereocenters. The summed E-state index contributed by atoms with van der Waals surface area (Å²) in [6.07, 6.45) is 6.34. The molecule has 2 aromatic rings. The molecule has 34 heavy (non-hydrogen) atoms. The first-order valence-electron chi connectivity index (χ1n) is 13.3. The fourth-order valence-electron chi connectivity index (χ4n) is 4.83. The van der Waals surface area contributed by atoms with Gasteiger partial charge in [0.1, 0.15) is 0 Å². The third-order valence-corrected chi connectivity index (χ3v) is 23.5. The van der Waals surface area contributed by atoms with Crippen molar-refractivity contribution in [1.82, 2.24) is 4.57 Å². The Bertz CT molecular complexity index is 923. The maximum atomic E-state index is 12.6. The molecule has 0 unspecified atom stereocenters. The molecule has 2 radical (unpaired) electrons. The van der Waals surface area contributed by atoms with Gasteiger partial charge >= 0.3 is 215 Å². The molecule has 0 fully saturated rings. The van der Waals surface area contributed by atoms with Crippen LogP contribution in [0, 0.1) is 0 Å². The molecular formula is C28H47NO3SiSn. The summed E-state index contributed by atoms with van der Waals surface area (Å²) in [5, 5.41) is 11.5. The van der Waals surface area contributed by atoms with Crippen LogP contribution < -0.4 is 3.71 Å². The number of benzene rings is 1. The number of fused-ring (bicyclic) bond motifs is 1. The van der Waals surface area contributed by atoms with Gasteiger partial charge in [-0.2, -0.15) is 0 Å². The number of aromatic nitrogens is 1. The van der Waals surface area contributed by atoms with E-state index in [0.29, 0.717) is 9.76 Å². The molecule has 0 spiro atoms. The van der Waals surface area contributed by atoms with Crippen molar-refractivity contribution < 1.29 is 14.3 Å². The molecule has 0 aliphatic heterocycles. The molecule has 4 nitrogen and oxygen atoms in total. The molecule has 190 valence electrons. The normalized spacial score (nSPS) is 13.1. The fraction of sp³-hybridized carbons (Fsp3) is 0.679. The first-order valence-corrected chi connectivity index (χ1v) is 21.6. The van der Waals surface area contributed by atoms with Crippen molar-refractivity contribution in [3.05, 3.63) is 29.8 Å². The van der Waals surface area contributed by atoms with E-state index in [0.717, 1.165) is 16.5 Å².